The van der Waals surface area contributed by atoms with Gasteiger partial charge in [-0.3, -0.25) is 4.99 Å². The average molecular weight is 219 g/mol. The van der Waals surface area contributed by atoms with E-state index in [9.17, 15) is 0 Å². The normalized spacial score (nSPS) is 15.2. The molecule has 0 amide bonds. The van der Waals surface area contributed by atoms with Crippen molar-refractivity contribution in [2.45, 2.75) is 20.8 Å². The quantitative estimate of drug-likeness (QED) is 0.529. The summed E-state index contributed by atoms with van der Waals surface area (Å²) < 4.78 is 0. The highest BCUT2D eigenvalue weighted by molar-refractivity contribution is 5.73. The van der Waals surface area contributed by atoms with Crippen LogP contribution in [-0.4, -0.2) is 20.3 Å². The van der Waals surface area contributed by atoms with Crippen LogP contribution in [0.2, 0.25) is 0 Å². The van der Waals surface area contributed by atoms with E-state index in [0.29, 0.717) is 0 Å². The van der Waals surface area contributed by atoms with Crippen molar-refractivity contribution >= 4 is 6.21 Å². The van der Waals surface area contributed by atoms with Gasteiger partial charge in [0.25, 0.3) is 0 Å². The van der Waals surface area contributed by atoms with Crippen LogP contribution in [0.15, 0.2) is 47.2 Å². The lowest BCUT2D eigenvalue weighted by Gasteiger charge is -1.93. The van der Waals surface area contributed by atoms with Crippen molar-refractivity contribution in [3.05, 3.63) is 47.2 Å². The second-order valence-corrected chi connectivity index (χ2v) is 3.76. The minimum absolute atomic E-state index is 1.21. The summed E-state index contributed by atoms with van der Waals surface area (Å²) in [6.45, 7) is 6.22. The fourth-order valence-electron chi connectivity index (χ4n) is 1.13. The predicted molar refractivity (Wildman–Crippen MR) is 72.4 cm³/mol. The van der Waals surface area contributed by atoms with E-state index in [1.54, 1.807) is 0 Å². The Labute approximate surface area is 99.2 Å². The van der Waals surface area contributed by atoms with Gasteiger partial charge in [-0.1, -0.05) is 29.9 Å². The first-order valence-electron chi connectivity index (χ1n) is 5.48. The lowest BCUT2D eigenvalue weighted by atomic mass is 10.2. The number of hydrogen-bond donors (Lipinski definition) is 2. The molecule has 2 nitrogen and oxygen atoms in total. The molecule has 0 aliphatic heterocycles. The topological polar surface area (TPSA) is 26.0 Å². The van der Waals surface area contributed by atoms with Crippen LogP contribution in [0, 0.1) is 0 Å². The summed E-state index contributed by atoms with van der Waals surface area (Å²) in [5, 5.41) is 3.00. The van der Waals surface area contributed by atoms with Gasteiger partial charge in [0.1, 0.15) is 7.05 Å². The lowest BCUT2D eigenvalue weighted by molar-refractivity contribution is -0.413. The maximum Gasteiger partial charge on any atom is 0.164 e. The molecule has 0 aromatic carbocycles. The molecular formula is C14H23N2+. The molecule has 0 saturated carbocycles. The molecule has 0 aromatic heterocycles. The summed E-state index contributed by atoms with van der Waals surface area (Å²) in [5.41, 5.74) is 3.64. The molecule has 0 saturated heterocycles. The highest BCUT2D eigenvalue weighted by Gasteiger charge is 1.85. The van der Waals surface area contributed by atoms with Gasteiger partial charge in [-0.2, -0.15) is 0 Å². The molecule has 0 atom stereocenters. The second-order valence-electron chi connectivity index (χ2n) is 3.76. The zero-order chi connectivity index (χ0) is 12.4. The van der Waals surface area contributed by atoms with Crippen molar-refractivity contribution in [3.8, 4) is 0 Å². The highest BCUT2D eigenvalue weighted by Crippen LogP contribution is 2.01. The van der Waals surface area contributed by atoms with Gasteiger partial charge in [-0.05, 0) is 32.5 Å². The van der Waals surface area contributed by atoms with Crippen molar-refractivity contribution in [1.29, 1.82) is 0 Å². The Morgan fingerprint density at radius 3 is 2.06 bits per heavy atom. The molecule has 0 aromatic rings. The molecule has 88 valence electrons. The summed E-state index contributed by atoms with van der Waals surface area (Å²) >= 11 is 0. The van der Waals surface area contributed by atoms with Gasteiger partial charge in [0.15, 0.2) is 6.21 Å². The fourth-order valence-corrected chi connectivity index (χ4v) is 1.13. The first kappa shape index (κ1) is 14.4. The minimum Gasteiger partial charge on any atom is -0.394 e. The van der Waals surface area contributed by atoms with E-state index < -0.39 is 0 Å². The highest BCUT2D eigenvalue weighted by atomic mass is 14.8. The maximum absolute atomic E-state index is 3.00. The average Bonchev–Trinajstić information content (AvgIpc) is 2.24. The molecule has 2 heteroatoms. The number of allylic oxidation sites excluding steroid dienone is 7. The van der Waals surface area contributed by atoms with Crippen LogP contribution in [-0.2, 0) is 0 Å². The van der Waals surface area contributed by atoms with Crippen molar-refractivity contribution in [1.82, 2.24) is 5.32 Å². The molecule has 0 bridgehead atoms. The largest absolute Gasteiger partial charge is 0.394 e. The third kappa shape index (κ3) is 7.80. The van der Waals surface area contributed by atoms with Crippen LogP contribution in [0.4, 0.5) is 0 Å². The first-order chi connectivity index (χ1) is 7.60. The molecule has 0 aliphatic carbocycles. The summed E-state index contributed by atoms with van der Waals surface area (Å²) in [6.07, 6.45) is 12.3. The van der Waals surface area contributed by atoms with E-state index in [1.807, 2.05) is 26.5 Å². The molecule has 16 heavy (non-hydrogen) atoms. The van der Waals surface area contributed by atoms with E-state index in [0.717, 1.165) is 0 Å². The number of nitrogens with one attached hydrogen (secondary N) is 2. The van der Waals surface area contributed by atoms with Crippen molar-refractivity contribution in [2.75, 3.05) is 14.1 Å². The van der Waals surface area contributed by atoms with Gasteiger partial charge in [-0.15, -0.1) is 0 Å². The molecule has 0 rings (SSSR count). The minimum atomic E-state index is 1.21. The van der Waals surface area contributed by atoms with Crippen LogP contribution in [0.25, 0.3) is 0 Å². The number of hydrogen-bond acceptors (Lipinski definition) is 1. The van der Waals surface area contributed by atoms with Gasteiger partial charge in [-0.25, -0.2) is 0 Å². The van der Waals surface area contributed by atoms with E-state index in [1.165, 1.54) is 16.7 Å². The molecule has 0 fully saturated rings. The fraction of sp³-hybridized carbons (Fsp3) is 0.357. The standard InChI is InChI=1S/C14H22N2/c1-12(6-8-13(2)10-15-4)7-9-14(3)11-16-5/h6-11,15H,1-5H3/p+1. The van der Waals surface area contributed by atoms with E-state index in [2.05, 4.69) is 55.4 Å². The van der Waals surface area contributed by atoms with Crippen LogP contribution in [0.3, 0.4) is 0 Å². The Balaban J connectivity index is 4.46. The van der Waals surface area contributed by atoms with E-state index in [-0.39, 0.29) is 0 Å². The molecule has 0 spiro atoms. The van der Waals surface area contributed by atoms with E-state index in [4.69, 9.17) is 0 Å². The molecule has 0 radical (unpaired) electrons. The van der Waals surface area contributed by atoms with Crippen LogP contribution in [0.5, 0.6) is 0 Å². The van der Waals surface area contributed by atoms with Crippen LogP contribution >= 0.6 is 0 Å². The SMILES string of the molecule is CNC=C(C)C=CC(C)=CC=C(C)C=[NH+]C. The van der Waals surface area contributed by atoms with E-state index >= 15 is 0 Å². The van der Waals surface area contributed by atoms with Gasteiger partial charge >= 0.3 is 0 Å². The van der Waals surface area contributed by atoms with Gasteiger partial charge < -0.3 is 5.32 Å². The third-order valence-corrected chi connectivity index (χ3v) is 1.96. The van der Waals surface area contributed by atoms with Gasteiger partial charge in [0, 0.05) is 12.6 Å². The Kier molecular flexibility index (Phi) is 7.86. The molecule has 0 unspecified atom stereocenters. The molecule has 0 aliphatic rings. The summed E-state index contributed by atoms with van der Waals surface area (Å²) in [6, 6.07) is 0. The Hall–Kier alpha value is -1.57. The zero-order valence-corrected chi connectivity index (χ0v) is 11.0. The Bertz CT molecular complexity index is 342. The number of rotatable bonds is 5. The predicted octanol–water partition coefficient (Wildman–Crippen LogP) is 1.34. The van der Waals surface area contributed by atoms with Crippen LogP contribution in [0.1, 0.15) is 20.8 Å². The van der Waals surface area contributed by atoms with Crippen molar-refractivity contribution in [3.63, 3.8) is 0 Å². The van der Waals surface area contributed by atoms with Crippen molar-refractivity contribution < 1.29 is 4.99 Å². The van der Waals surface area contributed by atoms with Crippen molar-refractivity contribution in [2.24, 2.45) is 0 Å². The summed E-state index contributed by atoms with van der Waals surface area (Å²) in [7, 11) is 3.80. The first-order valence-corrected chi connectivity index (χ1v) is 5.48. The monoisotopic (exact) mass is 219 g/mol. The summed E-state index contributed by atoms with van der Waals surface area (Å²) in [4.78, 5) is 3.00. The van der Waals surface area contributed by atoms with Gasteiger partial charge in [0.2, 0.25) is 0 Å². The second kappa shape index (κ2) is 8.72. The Morgan fingerprint density at radius 1 is 0.938 bits per heavy atom. The van der Waals surface area contributed by atoms with Gasteiger partial charge in [0.05, 0.1) is 0 Å². The maximum atomic E-state index is 3.00. The lowest BCUT2D eigenvalue weighted by Crippen LogP contribution is -2.63. The molecular weight excluding hydrogens is 196 g/mol. The Morgan fingerprint density at radius 2 is 1.50 bits per heavy atom. The zero-order valence-electron chi connectivity index (χ0n) is 11.0. The smallest absolute Gasteiger partial charge is 0.164 e. The van der Waals surface area contributed by atoms with Crippen LogP contribution < -0.4 is 10.3 Å². The summed E-state index contributed by atoms with van der Waals surface area (Å²) in [5.74, 6) is 0. The third-order valence-electron chi connectivity index (χ3n) is 1.96. The molecule has 0 heterocycles. The molecule has 2 N–H and O–H groups in total.